The van der Waals surface area contributed by atoms with Gasteiger partial charge in [-0.1, -0.05) is 0 Å². The largest absolute Gasteiger partial charge is 0.416 e. The van der Waals surface area contributed by atoms with Gasteiger partial charge in [-0.05, 0) is 38.1 Å². The SMILES string of the molecule is CC1NCCC1c1nc2ccc(C(F)(F)F)cc2[nH]1. The molecule has 3 nitrogen and oxygen atoms in total. The third kappa shape index (κ3) is 2.20. The van der Waals surface area contributed by atoms with Crippen molar-refractivity contribution < 1.29 is 13.2 Å². The lowest BCUT2D eigenvalue weighted by Gasteiger charge is -2.11. The summed E-state index contributed by atoms with van der Waals surface area (Å²) >= 11 is 0. The standard InChI is InChI=1S/C13H14F3N3/c1-7-9(4-5-17-7)12-18-10-3-2-8(13(14,15)16)6-11(10)19-12/h2-3,6-7,9,17H,4-5H2,1H3,(H,18,19). The molecule has 2 unspecified atom stereocenters. The van der Waals surface area contributed by atoms with Crippen molar-refractivity contribution in [3.8, 4) is 0 Å². The van der Waals surface area contributed by atoms with Gasteiger partial charge in [-0.15, -0.1) is 0 Å². The molecule has 6 heteroatoms. The first-order chi connectivity index (χ1) is 8.95. The van der Waals surface area contributed by atoms with Crippen molar-refractivity contribution in [2.75, 3.05) is 6.54 Å². The fourth-order valence-corrected chi connectivity index (χ4v) is 2.61. The van der Waals surface area contributed by atoms with Gasteiger partial charge in [0.25, 0.3) is 0 Å². The summed E-state index contributed by atoms with van der Waals surface area (Å²) in [5.74, 6) is 1.01. The van der Waals surface area contributed by atoms with Gasteiger partial charge in [0, 0.05) is 12.0 Å². The van der Waals surface area contributed by atoms with Gasteiger partial charge in [0.2, 0.25) is 0 Å². The summed E-state index contributed by atoms with van der Waals surface area (Å²) in [5, 5.41) is 3.31. The van der Waals surface area contributed by atoms with E-state index in [2.05, 4.69) is 22.2 Å². The number of fused-ring (bicyclic) bond motifs is 1. The number of imidazole rings is 1. The Hall–Kier alpha value is -1.56. The number of aromatic amines is 1. The Balaban J connectivity index is 2.01. The zero-order valence-electron chi connectivity index (χ0n) is 10.4. The van der Waals surface area contributed by atoms with E-state index in [-0.39, 0.29) is 5.92 Å². The number of hydrogen-bond donors (Lipinski definition) is 2. The van der Waals surface area contributed by atoms with Crippen LogP contribution in [0.2, 0.25) is 0 Å². The summed E-state index contributed by atoms with van der Waals surface area (Å²) in [6.07, 6.45) is -3.37. The van der Waals surface area contributed by atoms with Crippen molar-refractivity contribution in [2.45, 2.75) is 31.5 Å². The second-order valence-electron chi connectivity index (χ2n) is 4.99. The first-order valence-electron chi connectivity index (χ1n) is 6.25. The molecule has 2 heterocycles. The fourth-order valence-electron chi connectivity index (χ4n) is 2.61. The van der Waals surface area contributed by atoms with Crippen LogP contribution in [0.15, 0.2) is 18.2 Å². The van der Waals surface area contributed by atoms with Gasteiger partial charge in [0.05, 0.1) is 16.6 Å². The predicted octanol–water partition coefficient (Wildman–Crippen LogP) is 3.05. The molecule has 102 valence electrons. The molecule has 0 saturated carbocycles. The molecule has 0 bridgehead atoms. The molecule has 0 spiro atoms. The van der Waals surface area contributed by atoms with Crippen LogP contribution in [0.4, 0.5) is 13.2 Å². The van der Waals surface area contributed by atoms with Crippen molar-refractivity contribution in [3.63, 3.8) is 0 Å². The van der Waals surface area contributed by atoms with E-state index in [1.54, 1.807) is 0 Å². The van der Waals surface area contributed by atoms with Gasteiger partial charge in [-0.25, -0.2) is 4.98 Å². The number of H-pyrrole nitrogens is 1. The monoisotopic (exact) mass is 269 g/mol. The molecule has 2 aromatic rings. The Bertz CT molecular complexity index is 603. The lowest BCUT2D eigenvalue weighted by Crippen LogP contribution is -2.22. The zero-order valence-corrected chi connectivity index (χ0v) is 10.4. The molecule has 2 atom stereocenters. The second-order valence-corrected chi connectivity index (χ2v) is 4.99. The van der Waals surface area contributed by atoms with E-state index >= 15 is 0 Å². The molecular weight excluding hydrogens is 255 g/mol. The summed E-state index contributed by atoms with van der Waals surface area (Å²) in [5.41, 5.74) is 0.388. The van der Waals surface area contributed by atoms with Crippen LogP contribution in [0.3, 0.4) is 0 Å². The van der Waals surface area contributed by atoms with E-state index < -0.39 is 11.7 Å². The van der Waals surface area contributed by atoms with Crippen molar-refractivity contribution in [2.24, 2.45) is 0 Å². The minimum atomic E-state index is -4.32. The van der Waals surface area contributed by atoms with E-state index in [0.29, 0.717) is 17.1 Å². The maximum atomic E-state index is 12.6. The number of rotatable bonds is 1. The Morgan fingerprint density at radius 3 is 2.74 bits per heavy atom. The van der Waals surface area contributed by atoms with Gasteiger partial charge >= 0.3 is 6.18 Å². The summed E-state index contributed by atoms with van der Waals surface area (Å²) in [7, 11) is 0. The molecule has 2 N–H and O–H groups in total. The lowest BCUT2D eigenvalue weighted by molar-refractivity contribution is -0.137. The molecule has 3 rings (SSSR count). The normalized spacial score (nSPS) is 24.2. The minimum absolute atomic E-state index is 0.238. The summed E-state index contributed by atoms with van der Waals surface area (Å²) < 4.78 is 37.9. The van der Waals surface area contributed by atoms with E-state index in [1.807, 2.05) is 0 Å². The maximum Gasteiger partial charge on any atom is 0.416 e. The van der Waals surface area contributed by atoms with Crippen LogP contribution in [-0.2, 0) is 6.18 Å². The highest BCUT2D eigenvalue weighted by Crippen LogP contribution is 2.32. The first-order valence-corrected chi connectivity index (χ1v) is 6.25. The van der Waals surface area contributed by atoms with E-state index in [1.165, 1.54) is 6.07 Å². The second kappa shape index (κ2) is 4.23. The average Bonchev–Trinajstić information content (AvgIpc) is 2.91. The summed E-state index contributed by atoms with van der Waals surface area (Å²) in [6.45, 7) is 2.97. The molecule has 0 aliphatic carbocycles. The number of benzene rings is 1. The van der Waals surface area contributed by atoms with Crippen LogP contribution in [0.5, 0.6) is 0 Å². The van der Waals surface area contributed by atoms with Crippen LogP contribution in [0, 0.1) is 0 Å². The van der Waals surface area contributed by atoms with Crippen LogP contribution in [-0.4, -0.2) is 22.6 Å². The highest BCUT2D eigenvalue weighted by molar-refractivity contribution is 5.76. The Morgan fingerprint density at radius 1 is 1.32 bits per heavy atom. The van der Waals surface area contributed by atoms with Crippen LogP contribution in [0.25, 0.3) is 11.0 Å². The van der Waals surface area contributed by atoms with Crippen molar-refractivity contribution >= 4 is 11.0 Å². The number of hydrogen-bond acceptors (Lipinski definition) is 2. The Kier molecular flexibility index (Phi) is 2.78. The smallest absolute Gasteiger partial charge is 0.342 e. The molecule has 1 aliphatic rings. The quantitative estimate of drug-likeness (QED) is 0.835. The molecule has 0 radical (unpaired) electrons. The molecule has 0 amide bonds. The highest BCUT2D eigenvalue weighted by Gasteiger charge is 2.31. The van der Waals surface area contributed by atoms with Crippen LogP contribution < -0.4 is 5.32 Å². The van der Waals surface area contributed by atoms with E-state index in [4.69, 9.17) is 0 Å². The van der Waals surface area contributed by atoms with E-state index in [0.717, 1.165) is 30.9 Å². The molecule has 1 aliphatic heterocycles. The number of halogens is 3. The molecular formula is C13H14F3N3. The van der Waals surface area contributed by atoms with Gasteiger partial charge in [0.1, 0.15) is 5.82 Å². The number of nitrogens with one attached hydrogen (secondary N) is 2. The van der Waals surface area contributed by atoms with Gasteiger partial charge in [0.15, 0.2) is 0 Å². The Morgan fingerprint density at radius 2 is 2.11 bits per heavy atom. The molecule has 1 fully saturated rings. The van der Waals surface area contributed by atoms with Crippen LogP contribution in [0.1, 0.15) is 30.7 Å². The zero-order chi connectivity index (χ0) is 13.6. The summed E-state index contributed by atoms with van der Waals surface area (Å²) in [4.78, 5) is 7.43. The Labute approximate surface area is 108 Å². The predicted molar refractivity (Wildman–Crippen MR) is 65.9 cm³/mol. The van der Waals surface area contributed by atoms with Crippen LogP contribution >= 0.6 is 0 Å². The summed E-state index contributed by atoms with van der Waals surface area (Å²) in [6, 6.07) is 3.91. The lowest BCUT2D eigenvalue weighted by atomic mass is 10.0. The maximum absolute atomic E-state index is 12.6. The third-order valence-electron chi connectivity index (χ3n) is 3.70. The third-order valence-corrected chi connectivity index (χ3v) is 3.70. The molecule has 1 aromatic heterocycles. The molecule has 1 saturated heterocycles. The molecule has 1 aromatic carbocycles. The number of alkyl halides is 3. The van der Waals surface area contributed by atoms with Gasteiger partial charge < -0.3 is 10.3 Å². The topological polar surface area (TPSA) is 40.7 Å². The van der Waals surface area contributed by atoms with Crippen molar-refractivity contribution in [1.82, 2.24) is 15.3 Å². The van der Waals surface area contributed by atoms with Gasteiger partial charge in [-0.3, -0.25) is 0 Å². The highest BCUT2D eigenvalue weighted by atomic mass is 19.4. The van der Waals surface area contributed by atoms with Crippen molar-refractivity contribution in [1.29, 1.82) is 0 Å². The average molecular weight is 269 g/mol. The first kappa shape index (κ1) is 12.5. The number of nitrogens with zero attached hydrogens (tertiary/aromatic N) is 1. The van der Waals surface area contributed by atoms with Crippen molar-refractivity contribution in [3.05, 3.63) is 29.6 Å². The van der Waals surface area contributed by atoms with E-state index in [9.17, 15) is 13.2 Å². The number of aromatic nitrogens is 2. The molecule has 19 heavy (non-hydrogen) atoms. The fraction of sp³-hybridized carbons (Fsp3) is 0.462. The van der Waals surface area contributed by atoms with Gasteiger partial charge in [-0.2, -0.15) is 13.2 Å². The minimum Gasteiger partial charge on any atom is -0.342 e.